The lowest BCUT2D eigenvalue weighted by Crippen LogP contribution is -2.50. The van der Waals surface area contributed by atoms with Gasteiger partial charge in [0.2, 0.25) is 5.91 Å². The fraction of sp³-hybridized carbons (Fsp3) is 0.462. The van der Waals surface area contributed by atoms with E-state index in [9.17, 15) is 4.79 Å². The van der Waals surface area contributed by atoms with Gasteiger partial charge in [-0.25, -0.2) is 4.98 Å². The van der Waals surface area contributed by atoms with E-state index in [4.69, 9.17) is 10.7 Å². The number of amides is 1. The molecule has 1 saturated heterocycles. The molecule has 2 fully saturated rings. The van der Waals surface area contributed by atoms with Gasteiger partial charge in [-0.05, 0) is 88.0 Å². The molecule has 1 aliphatic carbocycles. The molecule has 5 nitrogen and oxygen atoms in total. The Morgan fingerprint density at radius 3 is 2.32 bits per heavy atom. The Kier molecular flexibility index (Phi) is 5.09. The van der Waals surface area contributed by atoms with Crippen LogP contribution < -0.4 is 5.73 Å². The van der Waals surface area contributed by atoms with Crippen LogP contribution in [0.1, 0.15) is 55.5 Å². The number of rotatable bonds is 4. The van der Waals surface area contributed by atoms with Crippen LogP contribution in [-0.2, 0) is 10.3 Å². The first-order valence-electron chi connectivity index (χ1n) is 11.6. The summed E-state index contributed by atoms with van der Waals surface area (Å²) >= 11 is 0. The fourth-order valence-electron chi connectivity index (χ4n) is 5.72. The van der Waals surface area contributed by atoms with Crippen molar-refractivity contribution in [3.63, 3.8) is 0 Å². The van der Waals surface area contributed by atoms with Crippen molar-refractivity contribution in [1.29, 1.82) is 0 Å². The van der Waals surface area contributed by atoms with Crippen LogP contribution in [-0.4, -0.2) is 33.4 Å². The molecule has 1 amide bonds. The third-order valence-corrected chi connectivity index (χ3v) is 7.63. The molecule has 1 saturated carbocycles. The number of nitrogens with two attached hydrogens (primary N) is 1. The smallest absolute Gasteiger partial charge is 0.220 e. The summed E-state index contributed by atoms with van der Waals surface area (Å²) in [4.78, 5) is 19.7. The van der Waals surface area contributed by atoms with E-state index < -0.39 is 0 Å². The number of primary amides is 1. The van der Waals surface area contributed by atoms with Gasteiger partial charge in [-0.3, -0.25) is 14.3 Å². The molecular weight excluding hydrogens is 384 g/mol. The zero-order valence-corrected chi connectivity index (χ0v) is 18.6. The van der Waals surface area contributed by atoms with E-state index in [0.717, 1.165) is 50.1 Å². The number of piperidine rings is 1. The first-order chi connectivity index (χ1) is 15.0. The van der Waals surface area contributed by atoms with E-state index in [-0.39, 0.29) is 17.4 Å². The third-order valence-electron chi connectivity index (χ3n) is 7.63. The van der Waals surface area contributed by atoms with Gasteiger partial charge < -0.3 is 5.73 Å². The molecule has 0 spiro atoms. The third kappa shape index (κ3) is 3.35. The average Bonchev–Trinajstić information content (AvgIpc) is 3.41. The van der Waals surface area contributed by atoms with Crippen LogP contribution in [0.3, 0.4) is 0 Å². The first kappa shape index (κ1) is 20.3. The van der Waals surface area contributed by atoms with Crippen LogP contribution in [0.4, 0.5) is 0 Å². The maximum absolute atomic E-state index is 11.7. The van der Waals surface area contributed by atoms with Gasteiger partial charge in [0.05, 0.1) is 16.6 Å². The predicted octanol–water partition coefficient (Wildman–Crippen LogP) is 4.61. The van der Waals surface area contributed by atoms with Crippen LogP contribution in [0.2, 0.25) is 0 Å². The van der Waals surface area contributed by atoms with Crippen LogP contribution in [0.25, 0.3) is 16.7 Å². The van der Waals surface area contributed by atoms with Crippen molar-refractivity contribution >= 4 is 16.9 Å². The van der Waals surface area contributed by atoms with Crippen molar-refractivity contribution < 1.29 is 4.79 Å². The molecule has 2 aromatic carbocycles. The number of fused-ring (bicyclic) bond motifs is 1. The molecule has 0 atom stereocenters. The van der Waals surface area contributed by atoms with E-state index in [0.29, 0.717) is 0 Å². The lowest BCUT2D eigenvalue weighted by atomic mass is 9.87. The normalized spacial score (nSPS) is 19.8. The molecule has 31 heavy (non-hydrogen) atoms. The van der Waals surface area contributed by atoms with E-state index in [1.165, 1.54) is 35.2 Å². The Labute approximate surface area is 184 Å². The number of para-hydroxylation sites is 1. The lowest BCUT2D eigenvalue weighted by molar-refractivity contribution is -0.123. The van der Waals surface area contributed by atoms with E-state index in [1.54, 1.807) is 0 Å². The second kappa shape index (κ2) is 7.79. The van der Waals surface area contributed by atoms with E-state index in [1.807, 2.05) is 0 Å². The van der Waals surface area contributed by atoms with Gasteiger partial charge in [-0.15, -0.1) is 0 Å². The summed E-state index contributed by atoms with van der Waals surface area (Å²) in [6.45, 7) is 6.15. The number of aryl methyl sites for hydroxylation is 2. The van der Waals surface area contributed by atoms with Gasteiger partial charge >= 0.3 is 0 Å². The summed E-state index contributed by atoms with van der Waals surface area (Å²) < 4.78 is 2.40. The number of carbonyl (C=O) groups is 1. The van der Waals surface area contributed by atoms with Gasteiger partial charge in [0, 0.05) is 11.6 Å². The number of carbonyl (C=O) groups excluding carboxylic acids is 1. The molecule has 2 N–H and O–H groups in total. The molecule has 0 unspecified atom stereocenters. The number of hydrogen-bond acceptors (Lipinski definition) is 3. The number of hydrogen-bond donors (Lipinski definition) is 1. The molecule has 1 aliphatic heterocycles. The SMILES string of the molecule is Cc1cc2nc(C3(N4CCC(C(N)=O)CC4)CCCC3)n(-c3ccccc3)c2cc1C. The summed E-state index contributed by atoms with van der Waals surface area (Å²) in [5, 5.41) is 0. The summed E-state index contributed by atoms with van der Waals surface area (Å²) in [5.74, 6) is 1.02. The summed E-state index contributed by atoms with van der Waals surface area (Å²) in [7, 11) is 0. The minimum Gasteiger partial charge on any atom is -0.369 e. The largest absolute Gasteiger partial charge is 0.369 e. The monoisotopic (exact) mass is 416 g/mol. The van der Waals surface area contributed by atoms with Gasteiger partial charge in [0.1, 0.15) is 5.82 Å². The van der Waals surface area contributed by atoms with Crippen LogP contribution >= 0.6 is 0 Å². The first-order valence-corrected chi connectivity index (χ1v) is 11.6. The second-order valence-electron chi connectivity index (χ2n) is 9.43. The average molecular weight is 417 g/mol. The summed E-state index contributed by atoms with van der Waals surface area (Å²) in [5.41, 5.74) is 11.5. The number of benzene rings is 2. The second-order valence-corrected chi connectivity index (χ2v) is 9.43. The highest BCUT2D eigenvalue weighted by atomic mass is 16.1. The fourth-order valence-corrected chi connectivity index (χ4v) is 5.72. The van der Waals surface area contributed by atoms with Crippen molar-refractivity contribution in [3.05, 3.63) is 59.4 Å². The molecule has 0 radical (unpaired) electrons. The zero-order chi connectivity index (χ0) is 21.6. The Hall–Kier alpha value is -2.66. The molecule has 5 rings (SSSR count). The van der Waals surface area contributed by atoms with Crippen LogP contribution in [0.15, 0.2) is 42.5 Å². The van der Waals surface area contributed by atoms with Gasteiger partial charge in [0.15, 0.2) is 0 Å². The minimum absolute atomic E-state index is 0.00735. The molecule has 3 aromatic rings. The quantitative estimate of drug-likeness (QED) is 0.675. The summed E-state index contributed by atoms with van der Waals surface area (Å²) in [6, 6.07) is 15.2. The number of likely N-dealkylation sites (tertiary alicyclic amines) is 1. The van der Waals surface area contributed by atoms with Crippen molar-refractivity contribution in [2.24, 2.45) is 11.7 Å². The maximum atomic E-state index is 11.7. The highest BCUT2D eigenvalue weighted by molar-refractivity contribution is 5.80. The Morgan fingerprint density at radius 2 is 1.68 bits per heavy atom. The molecule has 1 aromatic heterocycles. The zero-order valence-electron chi connectivity index (χ0n) is 18.6. The van der Waals surface area contributed by atoms with Gasteiger partial charge in [-0.2, -0.15) is 0 Å². The predicted molar refractivity (Wildman–Crippen MR) is 124 cm³/mol. The van der Waals surface area contributed by atoms with Crippen molar-refractivity contribution in [3.8, 4) is 5.69 Å². The topological polar surface area (TPSA) is 64.2 Å². The molecule has 162 valence electrons. The van der Waals surface area contributed by atoms with Crippen molar-refractivity contribution in [2.75, 3.05) is 13.1 Å². The van der Waals surface area contributed by atoms with E-state index in [2.05, 4.69) is 65.8 Å². The standard InChI is InChI=1S/C26H32N4O/c1-18-16-22-23(17-19(18)2)30(21-8-4-3-5-9-21)25(28-22)26(12-6-7-13-26)29-14-10-20(11-15-29)24(27)31/h3-5,8-9,16-17,20H,6-7,10-15H2,1-2H3,(H2,27,31). The van der Waals surface area contributed by atoms with Crippen molar-refractivity contribution in [2.45, 2.75) is 57.9 Å². The molecule has 0 bridgehead atoms. The number of aromatic nitrogens is 2. The Bertz CT molecular complexity index is 1100. The Balaban J connectivity index is 1.68. The minimum atomic E-state index is -0.150. The van der Waals surface area contributed by atoms with Crippen LogP contribution in [0, 0.1) is 19.8 Å². The number of imidazole rings is 1. The van der Waals surface area contributed by atoms with Crippen LogP contribution in [0.5, 0.6) is 0 Å². The molecule has 2 heterocycles. The molecule has 2 aliphatic rings. The lowest BCUT2D eigenvalue weighted by Gasteiger charge is -2.44. The van der Waals surface area contributed by atoms with Crippen molar-refractivity contribution in [1.82, 2.24) is 14.5 Å². The molecule has 5 heteroatoms. The highest BCUT2D eigenvalue weighted by Gasteiger charge is 2.46. The van der Waals surface area contributed by atoms with Gasteiger partial charge in [-0.1, -0.05) is 31.0 Å². The molecular formula is C26H32N4O. The van der Waals surface area contributed by atoms with Gasteiger partial charge in [0.25, 0.3) is 0 Å². The maximum Gasteiger partial charge on any atom is 0.220 e. The summed E-state index contributed by atoms with van der Waals surface area (Å²) in [6.07, 6.45) is 6.35. The Morgan fingerprint density at radius 1 is 1.03 bits per heavy atom. The van der Waals surface area contributed by atoms with E-state index >= 15 is 0 Å². The highest BCUT2D eigenvalue weighted by Crippen LogP contribution is 2.46. The number of nitrogens with zero attached hydrogens (tertiary/aromatic N) is 3.